The lowest BCUT2D eigenvalue weighted by atomic mass is 9.76. The number of likely N-dealkylation sites (tertiary alicyclic amines) is 1. The summed E-state index contributed by atoms with van der Waals surface area (Å²) in [4.78, 5) is 59.1. The van der Waals surface area contributed by atoms with Crippen molar-refractivity contribution in [2.24, 2.45) is 5.41 Å². The summed E-state index contributed by atoms with van der Waals surface area (Å²) < 4.78 is 16.0. The second-order valence-electron chi connectivity index (χ2n) is 16.7. The second-order valence-corrected chi connectivity index (χ2v) is 17.1. The number of amides is 4. The summed E-state index contributed by atoms with van der Waals surface area (Å²) >= 11 is 6.36. The number of carbonyl (C=O) groups excluding carboxylic acids is 4. The van der Waals surface area contributed by atoms with Crippen molar-refractivity contribution < 1.29 is 23.6 Å². The van der Waals surface area contributed by atoms with Gasteiger partial charge in [0.25, 0.3) is 11.8 Å². The zero-order valence-electron chi connectivity index (χ0n) is 31.9. The standard InChI is InChI=1S/C43H47ClFN7O4/c1-28(3-10-39(54)47-27-53)51-22-34-15-32-20-48(21-33(32)16-37(34)41(51)56)24-43(45)25-50(26-43)40(55)30-4-7-35(8-5-30)49-13-11-42(12-14-49)18-29(2)52(23-42)36-9-6-31(19-46)38(44)17-36/h4-9,15-17,27-29H,3,10-14,18,20-26H2,1-2H3,(H,47,53,54)/t28?,29-/m0/s1. The fourth-order valence-electron chi connectivity index (χ4n) is 9.73. The van der Waals surface area contributed by atoms with Gasteiger partial charge in [0.1, 0.15) is 6.07 Å². The highest BCUT2D eigenvalue weighted by Gasteiger charge is 2.48. The van der Waals surface area contributed by atoms with Crippen molar-refractivity contribution in [2.45, 2.75) is 83.3 Å². The van der Waals surface area contributed by atoms with E-state index in [0.29, 0.717) is 60.2 Å². The third-order valence-corrected chi connectivity index (χ3v) is 13.1. The van der Waals surface area contributed by atoms with Gasteiger partial charge in [-0.15, -0.1) is 0 Å². The molecule has 1 unspecified atom stereocenters. The number of hydrogen-bond donors (Lipinski definition) is 1. The van der Waals surface area contributed by atoms with Gasteiger partial charge >= 0.3 is 0 Å². The van der Waals surface area contributed by atoms with E-state index in [-0.39, 0.29) is 55.2 Å². The minimum absolute atomic E-state index is 0.0471. The molecule has 0 saturated carbocycles. The van der Waals surface area contributed by atoms with Gasteiger partial charge in [0.05, 0.1) is 23.7 Å². The van der Waals surface area contributed by atoms with Crippen LogP contribution in [0.25, 0.3) is 0 Å². The van der Waals surface area contributed by atoms with E-state index >= 15 is 4.39 Å². The predicted molar refractivity (Wildman–Crippen MR) is 211 cm³/mol. The predicted octanol–water partition coefficient (Wildman–Crippen LogP) is 5.67. The minimum atomic E-state index is -1.50. The lowest BCUT2D eigenvalue weighted by molar-refractivity contribution is -0.125. The number of rotatable bonds is 10. The van der Waals surface area contributed by atoms with Crippen molar-refractivity contribution >= 4 is 47.1 Å². The van der Waals surface area contributed by atoms with Gasteiger partial charge in [-0.3, -0.25) is 29.4 Å². The van der Waals surface area contributed by atoms with Crippen LogP contribution in [0.1, 0.15) is 88.9 Å². The van der Waals surface area contributed by atoms with Gasteiger partial charge < -0.3 is 19.6 Å². The summed E-state index contributed by atoms with van der Waals surface area (Å²) in [6, 6.07) is 19.8. The summed E-state index contributed by atoms with van der Waals surface area (Å²) in [5, 5.41) is 11.9. The van der Waals surface area contributed by atoms with Crippen LogP contribution in [-0.4, -0.2) is 95.9 Å². The van der Waals surface area contributed by atoms with Crippen molar-refractivity contribution in [3.63, 3.8) is 0 Å². The molecule has 0 bridgehead atoms. The number of hydrogen-bond acceptors (Lipinski definition) is 8. The largest absolute Gasteiger partial charge is 0.371 e. The van der Waals surface area contributed by atoms with Crippen LogP contribution in [0.3, 0.4) is 0 Å². The number of alkyl halides is 1. The first-order valence-corrected chi connectivity index (χ1v) is 19.9. The van der Waals surface area contributed by atoms with Gasteiger partial charge in [0, 0.05) is 86.8 Å². The lowest BCUT2D eigenvalue weighted by Gasteiger charge is -2.46. The second kappa shape index (κ2) is 14.8. The van der Waals surface area contributed by atoms with Crippen LogP contribution in [0, 0.1) is 16.7 Å². The molecule has 2 atom stereocenters. The first-order chi connectivity index (χ1) is 26.9. The Kier molecular flexibility index (Phi) is 10.0. The Bertz CT molecular complexity index is 2110. The summed E-state index contributed by atoms with van der Waals surface area (Å²) in [6.07, 6.45) is 4.23. The molecule has 5 aliphatic rings. The average molecular weight is 780 g/mol. The zero-order chi connectivity index (χ0) is 39.4. The van der Waals surface area contributed by atoms with E-state index in [0.717, 1.165) is 67.0 Å². The zero-order valence-corrected chi connectivity index (χ0v) is 32.7. The highest BCUT2D eigenvalue weighted by Crippen LogP contribution is 2.46. The molecule has 11 nitrogen and oxygen atoms in total. The highest BCUT2D eigenvalue weighted by atomic mass is 35.5. The van der Waals surface area contributed by atoms with E-state index in [2.05, 4.69) is 39.1 Å². The molecule has 3 fully saturated rings. The van der Waals surface area contributed by atoms with E-state index in [9.17, 15) is 24.4 Å². The molecular weight excluding hydrogens is 733 g/mol. The molecule has 3 saturated heterocycles. The van der Waals surface area contributed by atoms with Gasteiger partial charge in [-0.2, -0.15) is 5.26 Å². The van der Waals surface area contributed by atoms with Crippen LogP contribution < -0.4 is 15.1 Å². The van der Waals surface area contributed by atoms with Crippen molar-refractivity contribution in [2.75, 3.05) is 49.1 Å². The Morgan fingerprint density at radius 3 is 2.38 bits per heavy atom. The molecular formula is C43H47ClFN7O4. The van der Waals surface area contributed by atoms with E-state index in [1.165, 1.54) is 0 Å². The Hall–Kier alpha value is -4.99. The monoisotopic (exact) mass is 779 g/mol. The van der Waals surface area contributed by atoms with E-state index in [1.807, 2.05) is 49.4 Å². The SMILES string of the molecule is CC(CCC(=O)NC=O)N1Cc2cc3c(cc2C1=O)CN(CC1(F)CN(C(=O)c2ccc(N4CCC5(CC4)C[C@H](C)N(c4ccc(C#N)c(Cl)c4)C5)cc2)C1)C3. The number of nitrogens with zero attached hydrogens (tertiary/aromatic N) is 6. The quantitative estimate of drug-likeness (QED) is 0.262. The Labute approximate surface area is 331 Å². The number of imide groups is 1. The van der Waals surface area contributed by atoms with Gasteiger partial charge in [0.2, 0.25) is 12.3 Å². The first-order valence-electron chi connectivity index (χ1n) is 19.6. The molecule has 1 spiro atoms. The molecule has 0 radical (unpaired) electrons. The molecule has 0 aliphatic carbocycles. The van der Waals surface area contributed by atoms with Crippen molar-refractivity contribution in [3.8, 4) is 6.07 Å². The Balaban J connectivity index is 0.801. The normalized spacial score (nSPS) is 21.4. The van der Waals surface area contributed by atoms with Crippen LogP contribution >= 0.6 is 11.6 Å². The van der Waals surface area contributed by atoms with E-state index in [4.69, 9.17) is 11.6 Å². The molecule has 56 heavy (non-hydrogen) atoms. The number of anilines is 2. The summed E-state index contributed by atoms with van der Waals surface area (Å²) in [5.74, 6) is -0.596. The molecule has 5 heterocycles. The molecule has 4 amide bonds. The summed E-state index contributed by atoms with van der Waals surface area (Å²) in [7, 11) is 0. The van der Waals surface area contributed by atoms with Gasteiger partial charge in [0.15, 0.2) is 5.67 Å². The van der Waals surface area contributed by atoms with Crippen LogP contribution in [0.2, 0.25) is 5.02 Å². The average Bonchev–Trinajstić information content (AvgIpc) is 3.83. The van der Waals surface area contributed by atoms with E-state index in [1.54, 1.807) is 15.9 Å². The molecule has 13 heteroatoms. The van der Waals surface area contributed by atoms with Gasteiger partial charge in [-0.05, 0) is 110 Å². The van der Waals surface area contributed by atoms with Crippen molar-refractivity contribution in [1.29, 1.82) is 5.26 Å². The Morgan fingerprint density at radius 1 is 1.00 bits per heavy atom. The minimum Gasteiger partial charge on any atom is -0.371 e. The van der Waals surface area contributed by atoms with Crippen LogP contribution in [0.5, 0.6) is 0 Å². The van der Waals surface area contributed by atoms with E-state index < -0.39 is 5.67 Å². The molecule has 1 N–H and O–H groups in total. The number of nitriles is 1. The fraction of sp³-hybridized carbons (Fsp3) is 0.465. The number of piperidine rings is 1. The van der Waals surface area contributed by atoms with Crippen LogP contribution in [0.15, 0.2) is 54.6 Å². The Morgan fingerprint density at radius 2 is 1.70 bits per heavy atom. The molecule has 3 aromatic carbocycles. The van der Waals surface area contributed by atoms with Gasteiger partial charge in [-0.25, -0.2) is 4.39 Å². The highest BCUT2D eigenvalue weighted by molar-refractivity contribution is 6.32. The molecule has 3 aromatic rings. The molecule has 0 aromatic heterocycles. The first kappa shape index (κ1) is 37.9. The number of halogens is 2. The molecule has 5 aliphatic heterocycles. The maximum atomic E-state index is 16.0. The smallest absolute Gasteiger partial charge is 0.254 e. The summed E-state index contributed by atoms with van der Waals surface area (Å²) in [5.41, 5.74) is 5.63. The van der Waals surface area contributed by atoms with Crippen molar-refractivity contribution in [1.82, 2.24) is 20.0 Å². The summed E-state index contributed by atoms with van der Waals surface area (Å²) in [6.45, 7) is 8.88. The number of nitrogens with one attached hydrogen (secondary N) is 1. The van der Waals surface area contributed by atoms with Crippen LogP contribution in [-0.2, 0) is 29.2 Å². The topological polar surface area (TPSA) is 120 Å². The number of benzene rings is 3. The fourth-order valence-corrected chi connectivity index (χ4v) is 9.95. The molecule has 292 valence electrons. The number of carbonyl (C=O) groups is 4. The maximum absolute atomic E-state index is 16.0. The maximum Gasteiger partial charge on any atom is 0.254 e. The third-order valence-electron chi connectivity index (χ3n) is 12.8. The number of fused-ring (bicyclic) bond motifs is 2. The lowest BCUT2D eigenvalue weighted by Crippen LogP contribution is -2.64. The van der Waals surface area contributed by atoms with Crippen LogP contribution in [0.4, 0.5) is 15.8 Å². The third kappa shape index (κ3) is 7.23. The van der Waals surface area contributed by atoms with Crippen molar-refractivity contribution in [3.05, 3.63) is 93.0 Å². The molecule has 8 rings (SSSR count). The van der Waals surface area contributed by atoms with Gasteiger partial charge in [-0.1, -0.05) is 17.7 Å².